The van der Waals surface area contributed by atoms with Gasteiger partial charge in [-0.1, -0.05) is 43.7 Å². The number of rotatable bonds is 7. The molecule has 1 N–H and O–H groups in total. The number of nitrogens with zero attached hydrogens (tertiary/aromatic N) is 1. The summed E-state index contributed by atoms with van der Waals surface area (Å²) in [5.74, 6) is -1.34. The van der Waals surface area contributed by atoms with E-state index in [-0.39, 0.29) is 11.9 Å². The third-order valence-electron chi connectivity index (χ3n) is 4.38. The second-order valence-electron chi connectivity index (χ2n) is 6.06. The first kappa shape index (κ1) is 17.5. The molecule has 1 heterocycles. The Kier molecular flexibility index (Phi) is 5.77. The third-order valence-corrected chi connectivity index (χ3v) is 4.38. The summed E-state index contributed by atoms with van der Waals surface area (Å²) in [6.45, 7) is 5.79. The fourth-order valence-electron chi connectivity index (χ4n) is 2.99. The zero-order valence-electron chi connectivity index (χ0n) is 13.9. The van der Waals surface area contributed by atoms with Crippen LogP contribution in [0.4, 0.5) is 0 Å². The topological polar surface area (TPSA) is 66.8 Å². The van der Waals surface area contributed by atoms with Crippen LogP contribution in [0.15, 0.2) is 30.3 Å². The van der Waals surface area contributed by atoms with Crippen LogP contribution in [0.1, 0.15) is 45.2 Å². The number of unbranched alkanes of at least 4 members (excludes halogenated alkanes) is 1. The minimum absolute atomic E-state index is 0.200. The Hall–Kier alpha value is -1.88. The number of amides is 1. The van der Waals surface area contributed by atoms with E-state index in [0.717, 1.165) is 18.4 Å². The fourth-order valence-corrected chi connectivity index (χ4v) is 2.99. The third kappa shape index (κ3) is 3.55. The average Bonchev–Trinajstić information content (AvgIpc) is 2.52. The van der Waals surface area contributed by atoms with Crippen LogP contribution in [0, 0.1) is 5.92 Å². The molecule has 0 saturated carbocycles. The van der Waals surface area contributed by atoms with Gasteiger partial charge < -0.3 is 14.7 Å². The number of carbonyl (C=O) groups excluding carboxylic acids is 2. The molecule has 5 heteroatoms. The van der Waals surface area contributed by atoms with Crippen molar-refractivity contribution in [3.05, 3.63) is 35.9 Å². The number of benzene rings is 1. The summed E-state index contributed by atoms with van der Waals surface area (Å²) in [5, 5.41) is 9.85. The van der Waals surface area contributed by atoms with E-state index in [1.165, 1.54) is 4.90 Å². The monoisotopic (exact) mass is 319 g/mol. The molecule has 126 valence electrons. The Morgan fingerprint density at radius 1 is 1.30 bits per heavy atom. The van der Waals surface area contributed by atoms with Crippen molar-refractivity contribution in [3.8, 4) is 0 Å². The lowest BCUT2D eigenvalue weighted by Gasteiger charge is -2.49. The molecule has 1 aliphatic heterocycles. The number of likely N-dealkylation sites (tertiary alicyclic amines) is 1. The highest BCUT2D eigenvalue weighted by Crippen LogP contribution is 2.38. The Morgan fingerprint density at radius 3 is 2.52 bits per heavy atom. The molecule has 1 aromatic carbocycles. The molecule has 0 bridgehead atoms. The number of aliphatic hydroxyl groups excluding tert-OH is 1. The van der Waals surface area contributed by atoms with Crippen molar-refractivity contribution in [2.75, 3.05) is 6.61 Å². The largest absolute Gasteiger partial charge is 0.464 e. The molecule has 0 radical (unpaired) electrons. The van der Waals surface area contributed by atoms with Crippen molar-refractivity contribution in [1.82, 2.24) is 4.90 Å². The van der Waals surface area contributed by atoms with E-state index in [1.54, 1.807) is 6.92 Å². The number of aliphatic hydroxyl groups is 1. The van der Waals surface area contributed by atoms with Gasteiger partial charge >= 0.3 is 5.97 Å². The molecular formula is C18H25NO4. The summed E-state index contributed by atoms with van der Waals surface area (Å²) in [6, 6.07) is 8.61. The van der Waals surface area contributed by atoms with Gasteiger partial charge in [0, 0.05) is 0 Å². The van der Waals surface area contributed by atoms with E-state index in [1.807, 2.05) is 44.2 Å². The summed E-state index contributed by atoms with van der Waals surface area (Å²) in [4.78, 5) is 26.3. The fraction of sp³-hybridized carbons (Fsp3) is 0.556. The van der Waals surface area contributed by atoms with Crippen LogP contribution in [-0.4, -0.2) is 40.6 Å². The molecule has 1 aliphatic rings. The van der Waals surface area contributed by atoms with Gasteiger partial charge in [-0.2, -0.15) is 0 Å². The molecule has 1 saturated heterocycles. The first-order valence-corrected chi connectivity index (χ1v) is 8.20. The predicted octanol–water partition coefficient (Wildman–Crippen LogP) is 2.30. The van der Waals surface area contributed by atoms with Gasteiger partial charge in [-0.05, 0) is 25.8 Å². The van der Waals surface area contributed by atoms with E-state index < -0.39 is 24.0 Å². The predicted molar refractivity (Wildman–Crippen MR) is 86.5 cm³/mol. The van der Waals surface area contributed by atoms with Gasteiger partial charge in [-0.3, -0.25) is 4.79 Å². The molecule has 23 heavy (non-hydrogen) atoms. The molecule has 1 aromatic rings. The van der Waals surface area contributed by atoms with Gasteiger partial charge in [0.1, 0.15) is 6.04 Å². The summed E-state index contributed by atoms with van der Waals surface area (Å²) in [5.41, 5.74) is 0.955. The molecule has 4 unspecified atom stereocenters. The number of β-lactam (4-membered cyclic amide) rings is 1. The molecule has 0 spiro atoms. The van der Waals surface area contributed by atoms with Crippen molar-refractivity contribution in [2.24, 2.45) is 5.92 Å². The number of ether oxygens (including phenoxy) is 1. The van der Waals surface area contributed by atoms with Crippen molar-refractivity contribution in [1.29, 1.82) is 0 Å². The minimum Gasteiger partial charge on any atom is -0.464 e. The van der Waals surface area contributed by atoms with Gasteiger partial charge in [-0.25, -0.2) is 4.79 Å². The van der Waals surface area contributed by atoms with E-state index in [2.05, 4.69) is 0 Å². The number of esters is 1. The van der Waals surface area contributed by atoms with E-state index in [9.17, 15) is 14.7 Å². The zero-order chi connectivity index (χ0) is 17.0. The zero-order valence-corrected chi connectivity index (χ0v) is 13.9. The molecule has 1 amide bonds. The van der Waals surface area contributed by atoms with Crippen LogP contribution in [0.5, 0.6) is 0 Å². The van der Waals surface area contributed by atoms with Gasteiger partial charge in [0.25, 0.3) is 0 Å². The SMILES string of the molecule is CCCCOC(=O)C1C(C(C)O)C(=O)N1C(C)c1ccccc1. The van der Waals surface area contributed by atoms with Gasteiger partial charge in [0.05, 0.1) is 24.7 Å². The molecule has 0 aromatic heterocycles. The lowest BCUT2D eigenvalue weighted by molar-refractivity contribution is -0.184. The Balaban J connectivity index is 2.16. The maximum Gasteiger partial charge on any atom is 0.329 e. The second-order valence-corrected chi connectivity index (χ2v) is 6.06. The molecule has 0 aliphatic carbocycles. The van der Waals surface area contributed by atoms with Crippen LogP contribution in [0.2, 0.25) is 0 Å². The number of hydrogen-bond acceptors (Lipinski definition) is 4. The molecule has 4 atom stereocenters. The second kappa shape index (κ2) is 7.59. The van der Waals surface area contributed by atoms with Gasteiger partial charge in [0.2, 0.25) is 5.91 Å². The van der Waals surface area contributed by atoms with Gasteiger partial charge in [0.15, 0.2) is 0 Å². The Labute approximate surface area is 137 Å². The number of hydrogen-bond donors (Lipinski definition) is 1. The lowest BCUT2D eigenvalue weighted by atomic mass is 9.81. The molecule has 5 nitrogen and oxygen atoms in total. The quantitative estimate of drug-likeness (QED) is 0.476. The van der Waals surface area contributed by atoms with Gasteiger partial charge in [-0.15, -0.1) is 0 Å². The van der Waals surface area contributed by atoms with E-state index >= 15 is 0 Å². The normalized spacial score (nSPS) is 23.1. The van der Waals surface area contributed by atoms with Crippen LogP contribution >= 0.6 is 0 Å². The van der Waals surface area contributed by atoms with Crippen molar-refractivity contribution < 1.29 is 19.4 Å². The highest BCUT2D eigenvalue weighted by atomic mass is 16.5. The summed E-state index contributed by atoms with van der Waals surface area (Å²) in [7, 11) is 0. The molecular weight excluding hydrogens is 294 g/mol. The standard InChI is InChI=1S/C18H25NO4/c1-4-5-11-23-18(22)16-15(13(3)20)17(21)19(16)12(2)14-9-7-6-8-10-14/h6-10,12-13,15-16,20H,4-5,11H2,1-3H3. The van der Waals surface area contributed by atoms with Crippen LogP contribution in [0.3, 0.4) is 0 Å². The van der Waals surface area contributed by atoms with E-state index in [4.69, 9.17) is 4.74 Å². The first-order chi connectivity index (χ1) is 11.0. The van der Waals surface area contributed by atoms with Crippen molar-refractivity contribution in [2.45, 2.75) is 51.8 Å². The average molecular weight is 319 g/mol. The molecule has 1 fully saturated rings. The maximum absolute atomic E-state index is 12.4. The van der Waals surface area contributed by atoms with Crippen molar-refractivity contribution in [3.63, 3.8) is 0 Å². The molecule has 2 rings (SSSR count). The number of carbonyl (C=O) groups is 2. The summed E-state index contributed by atoms with van der Waals surface area (Å²) < 4.78 is 5.29. The Morgan fingerprint density at radius 2 is 1.96 bits per heavy atom. The van der Waals surface area contributed by atoms with Crippen LogP contribution < -0.4 is 0 Å². The van der Waals surface area contributed by atoms with Crippen molar-refractivity contribution >= 4 is 11.9 Å². The smallest absolute Gasteiger partial charge is 0.329 e. The summed E-state index contributed by atoms with van der Waals surface area (Å²) in [6.07, 6.45) is 0.853. The minimum atomic E-state index is -0.870. The highest BCUT2D eigenvalue weighted by Gasteiger charge is 2.56. The van der Waals surface area contributed by atoms with Crippen LogP contribution in [-0.2, 0) is 14.3 Å². The van der Waals surface area contributed by atoms with Crippen LogP contribution in [0.25, 0.3) is 0 Å². The Bertz CT molecular complexity index is 543. The highest BCUT2D eigenvalue weighted by molar-refractivity contribution is 5.98. The maximum atomic E-state index is 12.4. The summed E-state index contributed by atoms with van der Waals surface area (Å²) >= 11 is 0. The first-order valence-electron chi connectivity index (χ1n) is 8.20. The lowest BCUT2D eigenvalue weighted by Crippen LogP contribution is -2.67. The van der Waals surface area contributed by atoms with E-state index in [0.29, 0.717) is 6.61 Å².